The molecule has 0 saturated heterocycles. The van der Waals surface area contributed by atoms with E-state index in [1.807, 2.05) is 6.07 Å². The minimum atomic E-state index is -0.773. The molecular formula is C15H13Br2N3O3. The lowest BCUT2D eigenvalue weighted by molar-refractivity contribution is -0.128. The Kier molecular flexibility index (Phi) is 6.12. The third kappa shape index (κ3) is 5.33. The number of amides is 2. The molecule has 6 nitrogen and oxygen atoms in total. The summed E-state index contributed by atoms with van der Waals surface area (Å²) in [7, 11) is 0. The summed E-state index contributed by atoms with van der Waals surface area (Å²) >= 11 is 6.55. The quantitative estimate of drug-likeness (QED) is 0.713. The summed E-state index contributed by atoms with van der Waals surface area (Å²) in [5.41, 5.74) is 4.95. The number of nitrogens with zero attached hydrogens (tertiary/aromatic N) is 1. The molecule has 0 aliphatic carbocycles. The Balaban J connectivity index is 1.87. The minimum absolute atomic E-state index is 0.320. The molecule has 8 heteroatoms. The van der Waals surface area contributed by atoms with Crippen LogP contribution in [-0.2, 0) is 4.79 Å². The molecule has 2 rings (SSSR count). The van der Waals surface area contributed by atoms with Gasteiger partial charge in [0.1, 0.15) is 5.75 Å². The molecule has 2 aromatic rings. The Morgan fingerprint density at radius 1 is 1.13 bits per heavy atom. The fourth-order valence-electron chi connectivity index (χ4n) is 1.63. The van der Waals surface area contributed by atoms with E-state index in [0.29, 0.717) is 15.8 Å². The SMILES string of the molecule is CC(Oc1cccc(Br)c1)C(=O)NNC(=O)c1cncc(Br)c1. The topological polar surface area (TPSA) is 80.3 Å². The van der Waals surface area contributed by atoms with E-state index in [0.717, 1.165) is 4.47 Å². The van der Waals surface area contributed by atoms with Gasteiger partial charge in [-0.3, -0.25) is 25.4 Å². The highest BCUT2D eigenvalue weighted by molar-refractivity contribution is 9.10. The molecule has 2 amide bonds. The fraction of sp³-hybridized carbons (Fsp3) is 0.133. The number of ether oxygens (including phenoxy) is 1. The molecule has 1 aromatic carbocycles. The van der Waals surface area contributed by atoms with Gasteiger partial charge in [0.25, 0.3) is 11.8 Å². The first-order valence-electron chi connectivity index (χ1n) is 6.58. The lowest BCUT2D eigenvalue weighted by Crippen LogP contribution is -2.47. The van der Waals surface area contributed by atoms with Gasteiger partial charge in [0.05, 0.1) is 5.56 Å². The van der Waals surface area contributed by atoms with Gasteiger partial charge in [-0.05, 0) is 47.1 Å². The summed E-state index contributed by atoms with van der Waals surface area (Å²) in [4.78, 5) is 27.7. The molecular weight excluding hydrogens is 430 g/mol. The van der Waals surface area contributed by atoms with Crippen LogP contribution in [0.5, 0.6) is 5.75 Å². The van der Waals surface area contributed by atoms with Gasteiger partial charge < -0.3 is 4.74 Å². The highest BCUT2D eigenvalue weighted by Crippen LogP contribution is 2.18. The number of hydrogen-bond donors (Lipinski definition) is 2. The smallest absolute Gasteiger partial charge is 0.279 e. The number of hydrogen-bond acceptors (Lipinski definition) is 4. The van der Waals surface area contributed by atoms with Crippen molar-refractivity contribution in [1.29, 1.82) is 0 Å². The first-order valence-corrected chi connectivity index (χ1v) is 8.17. The second-order valence-electron chi connectivity index (χ2n) is 4.55. The summed E-state index contributed by atoms with van der Waals surface area (Å²) < 4.78 is 7.02. The van der Waals surface area contributed by atoms with Crippen LogP contribution >= 0.6 is 31.9 Å². The van der Waals surface area contributed by atoms with Crippen LogP contribution in [0, 0.1) is 0 Å². The zero-order valence-electron chi connectivity index (χ0n) is 12.0. The van der Waals surface area contributed by atoms with Gasteiger partial charge in [-0.2, -0.15) is 0 Å². The van der Waals surface area contributed by atoms with E-state index in [1.165, 1.54) is 6.20 Å². The van der Waals surface area contributed by atoms with E-state index in [2.05, 4.69) is 47.7 Å². The van der Waals surface area contributed by atoms with Crippen LogP contribution in [0.2, 0.25) is 0 Å². The third-order valence-corrected chi connectivity index (χ3v) is 3.67. The second kappa shape index (κ2) is 8.07. The van der Waals surface area contributed by atoms with Crippen LogP contribution in [0.4, 0.5) is 0 Å². The number of carbonyl (C=O) groups excluding carboxylic acids is 2. The van der Waals surface area contributed by atoms with Gasteiger partial charge in [-0.1, -0.05) is 22.0 Å². The van der Waals surface area contributed by atoms with E-state index < -0.39 is 17.9 Å². The predicted octanol–water partition coefficient (Wildman–Crippen LogP) is 2.84. The van der Waals surface area contributed by atoms with Crippen molar-refractivity contribution < 1.29 is 14.3 Å². The van der Waals surface area contributed by atoms with E-state index >= 15 is 0 Å². The summed E-state index contributed by atoms with van der Waals surface area (Å²) in [6.45, 7) is 1.59. The molecule has 0 bridgehead atoms. The first kappa shape index (κ1) is 17.4. The van der Waals surface area contributed by atoms with Gasteiger partial charge in [0, 0.05) is 21.3 Å². The van der Waals surface area contributed by atoms with Crippen molar-refractivity contribution in [3.05, 3.63) is 57.2 Å². The predicted molar refractivity (Wildman–Crippen MR) is 91.8 cm³/mol. The molecule has 1 heterocycles. The van der Waals surface area contributed by atoms with E-state index in [9.17, 15) is 9.59 Å². The van der Waals surface area contributed by atoms with Crippen molar-refractivity contribution in [3.8, 4) is 5.75 Å². The number of pyridine rings is 1. The third-order valence-electron chi connectivity index (χ3n) is 2.74. The lowest BCUT2D eigenvalue weighted by atomic mass is 10.3. The Morgan fingerprint density at radius 3 is 2.61 bits per heavy atom. The maximum atomic E-state index is 11.9. The van der Waals surface area contributed by atoms with Crippen molar-refractivity contribution in [2.75, 3.05) is 0 Å². The van der Waals surface area contributed by atoms with Gasteiger partial charge >= 0.3 is 0 Å². The summed E-state index contributed by atoms with van der Waals surface area (Å²) in [5, 5.41) is 0. The second-order valence-corrected chi connectivity index (χ2v) is 6.38. The Morgan fingerprint density at radius 2 is 1.91 bits per heavy atom. The number of nitrogens with one attached hydrogen (secondary N) is 2. The van der Waals surface area contributed by atoms with Crippen LogP contribution in [0.15, 0.2) is 51.7 Å². The monoisotopic (exact) mass is 441 g/mol. The Labute approximate surface area is 149 Å². The largest absolute Gasteiger partial charge is 0.481 e. The average Bonchev–Trinajstić information content (AvgIpc) is 2.52. The highest BCUT2D eigenvalue weighted by Gasteiger charge is 2.16. The minimum Gasteiger partial charge on any atom is -0.481 e. The van der Waals surface area contributed by atoms with Gasteiger partial charge in [0.15, 0.2) is 6.10 Å². The number of rotatable bonds is 4. The first-order chi connectivity index (χ1) is 11.0. The lowest BCUT2D eigenvalue weighted by Gasteiger charge is -2.15. The number of halogens is 2. The Bertz CT molecular complexity index is 725. The van der Waals surface area contributed by atoms with Crippen molar-refractivity contribution in [2.24, 2.45) is 0 Å². The van der Waals surface area contributed by atoms with Gasteiger partial charge in [-0.15, -0.1) is 0 Å². The average molecular weight is 443 g/mol. The van der Waals surface area contributed by atoms with E-state index in [4.69, 9.17) is 4.74 Å². The maximum Gasteiger partial charge on any atom is 0.279 e. The number of hydrazine groups is 1. The van der Waals surface area contributed by atoms with Crippen molar-refractivity contribution in [1.82, 2.24) is 15.8 Å². The van der Waals surface area contributed by atoms with Crippen LogP contribution < -0.4 is 15.6 Å². The summed E-state index contributed by atoms with van der Waals surface area (Å²) in [6.07, 6.45) is 2.18. The summed E-state index contributed by atoms with van der Waals surface area (Å²) in [6, 6.07) is 8.72. The maximum absolute atomic E-state index is 11.9. The van der Waals surface area contributed by atoms with Crippen LogP contribution in [0.1, 0.15) is 17.3 Å². The number of carbonyl (C=O) groups is 2. The molecule has 0 aliphatic rings. The van der Waals surface area contributed by atoms with Crippen molar-refractivity contribution in [2.45, 2.75) is 13.0 Å². The molecule has 0 saturated carbocycles. The molecule has 1 unspecified atom stereocenters. The molecule has 1 atom stereocenters. The van der Waals surface area contributed by atoms with Gasteiger partial charge in [-0.25, -0.2) is 0 Å². The summed E-state index contributed by atoms with van der Waals surface area (Å²) in [5.74, 6) is -0.396. The molecule has 0 fully saturated rings. The standard InChI is InChI=1S/C15H13Br2N3O3/c1-9(23-13-4-2-3-11(16)6-13)14(21)19-20-15(22)10-5-12(17)8-18-7-10/h2-9H,1H3,(H,19,21)(H,20,22). The molecule has 0 spiro atoms. The molecule has 23 heavy (non-hydrogen) atoms. The van der Waals surface area contributed by atoms with Crippen molar-refractivity contribution in [3.63, 3.8) is 0 Å². The fourth-order valence-corrected chi connectivity index (χ4v) is 2.37. The highest BCUT2D eigenvalue weighted by atomic mass is 79.9. The zero-order valence-corrected chi connectivity index (χ0v) is 15.2. The van der Waals surface area contributed by atoms with Gasteiger partial charge in [0.2, 0.25) is 0 Å². The molecule has 2 N–H and O–H groups in total. The van der Waals surface area contributed by atoms with Crippen molar-refractivity contribution >= 4 is 43.7 Å². The Hall–Kier alpha value is -1.93. The molecule has 0 aliphatic heterocycles. The molecule has 120 valence electrons. The van der Waals surface area contributed by atoms with E-state index in [1.54, 1.807) is 37.4 Å². The van der Waals surface area contributed by atoms with Crippen LogP contribution in [-0.4, -0.2) is 22.9 Å². The molecule has 0 radical (unpaired) electrons. The number of aromatic nitrogens is 1. The normalized spacial score (nSPS) is 11.4. The molecule has 1 aromatic heterocycles. The van der Waals surface area contributed by atoms with E-state index in [-0.39, 0.29) is 0 Å². The zero-order chi connectivity index (χ0) is 16.8. The number of benzene rings is 1. The van der Waals surface area contributed by atoms with Crippen LogP contribution in [0.3, 0.4) is 0 Å². The van der Waals surface area contributed by atoms with Crippen LogP contribution in [0.25, 0.3) is 0 Å².